The first-order valence-corrected chi connectivity index (χ1v) is 8.01. The number of nitrogens with one attached hydrogen (secondary N) is 2. The zero-order valence-corrected chi connectivity index (χ0v) is 13.2. The van der Waals surface area contributed by atoms with Gasteiger partial charge in [0.2, 0.25) is 5.95 Å². The normalized spacial score (nSPS) is 17.2. The number of halogens is 3. The maximum Gasteiger partial charge on any atom is 0.224 e. The fourth-order valence-corrected chi connectivity index (χ4v) is 3.02. The summed E-state index contributed by atoms with van der Waals surface area (Å²) in [5.41, 5.74) is 0.587. The summed E-state index contributed by atoms with van der Waals surface area (Å²) in [6.07, 6.45) is 0.897. The van der Waals surface area contributed by atoms with Crippen molar-refractivity contribution in [1.82, 2.24) is 15.3 Å². The van der Waals surface area contributed by atoms with E-state index in [9.17, 15) is 13.2 Å². The van der Waals surface area contributed by atoms with Gasteiger partial charge in [0.25, 0.3) is 0 Å². The molecule has 3 aromatic rings. The molecule has 4 nitrogen and oxygen atoms in total. The Morgan fingerprint density at radius 1 is 1.08 bits per heavy atom. The minimum absolute atomic E-state index is 0.0200. The van der Waals surface area contributed by atoms with Crippen LogP contribution in [0, 0.1) is 17.5 Å². The molecule has 1 aromatic heterocycles. The van der Waals surface area contributed by atoms with Crippen molar-refractivity contribution in [1.29, 1.82) is 0 Å². The second-order valence-corrected chi connectivity index (χ2v) is 5.99. The summed E-state index contributed by atoms with van der Waals surface area (Å²) in [5, 5.41) is 6.85. The van der Waals surface area contributed by atoms with E-state index in [2.05, 4.69) is 20.6 Å². The molecule has 2 aromatic carbocycles. The summed E-state index contributed by atoms with van der Waals surface area (Å²) in [7, 11) is 0. The van der Waals surface area contributed by atoms with Gasteiger partial charge in [-0.1, -0.05) is 6.07 Å². The third kappa shape index (κ3) is 3.02. The minimum Gasteiger partial charge on any atom is -0.350 e. The summed E-state index contributed by atoms with van der Waals surface area (Å²) < 4.78 is 41.6. The van der Waals surface area contributed by atoms with Gasteiger partial charge in [-0.15, -0.1) is 0 Å². The van der Waals surface area contributed by atoms with Crippen molar-refractivity contribution in [2.24, 2.45) is 0 Å². The van der Waals surface area contributed by atoms with Gasteiger partial charge in [0, 0.05) is 29.6 Å². The van der Waals surface area contributed by atoms with E-state index in [0.717, 1.165) is 25.6 Å². The molecule has 2 heterocycles. The van der Waals surface area contributed by atoms with Crippen LogP contribution in [0.15, 0.2) is 36.4 Å². The molecule has 1 aliphatic heterocycles. The molecular weight excluding hydrogens is 329 g/mol. The van der Waals surface area contributed by atoms with E-state index in [1.807, 2.05) is 0 Å². The lowest BCUT2D eigenvalue weighted by atomic mass is 10.1. The van der Waals surface area contributed by atoms with E-state index in [4.69, 9.17) is 0 Å². The summed E-state index contributed by atoms with van der Waals surface area (Å²) in [5.74, 6) is -2.13. The van der Waals surface area contributed by atoms with Crippen LogP contribution in [-0.2, 0) is 0 Å². The Bertz CT molecular complexity index is 939. The lowest BCUT2D eigenvalue weighted by molar-refractivity contribution is 0.511. The van der Waals surface area contributed by atoms with Gasteiger partial charge in [-0.3, -0.25) is 0 Å². The van der Waals surface area contributed by atoms with Crippen molar-refractivity contribution in [3.05, 3.63) is 53.8 Å². The number of nitrogens with zero attached hydrogens (tertiary/aromatic N) is 2. The molecule has 1 unspecified atom stereocenters. The molecule has 25 heavy (non-hydrogen) atoms. The zero-order chi connectivity index (χ0) is 17.4. The average Bonchev–Trinajstić information content (AvgIpc) is 3.09. The fourth-order valence-electron chi connectivity index (χ4n) is 3.02. The Kier molecular flexibility index (Phi) is 4.01. The van der Waals surface area contributed by atoms with Crippen molar-refractivity contribution in [2.75, 3.05) is 18.4 Å². The quantitative estimate of drug-likeness (QED) is 0.764. The molecule has 0 radical (unpaired) electrons. The van der Waals surface area contributed by atoms with Gasteiger partial charge in [-0.25, -0.2) is 23.1 Å². The first-order chi connectivity index (χ1) is 12.1. The molecule has 0 saturated carbocycles. The van der Waals surface area contributed by atoms with Gasteiger partial charge in [0.15, 0.2) is 11.6 Å². The van der Waals surface area contributed by atoms with Gasteiger partial charge in [-0.2, -0.15) is 0 Å². The highest BCUT2D eigenvalue weighted by molar-refractivity contribution is 5.93. The highest BCUT2D eigenvalue weighted by atomic mass is 19.2. The van der Waals surface area contributed by atoms with E-state index >= 15 is 0 Å². The first kappa shape index (κ1) is 15.8. The van der Waals surface area contributed by atoms with Crippen LogP contribution in [0.5, 0.6) is 0 Å². The van der Waals surface area contributed by atoms with Crippen LogP contribution in [0.4, 0.5) is 19.1 Å². The van der Waals surface area contributed by atoms with Crippen molar-refractivity contribution >= 4 is 16.9 Å². The topological polar surface area (TPSA) is 49.8 Å². The molecule has 0 aliphatic carbocycles. The molecule has 7 heteroatoms. The fraction of sp³-hybridized carbons (Fsp3) is 0.222. The third-order valence-electron chi connectivity index (χ3n) is 4.26. The lowest BCUT2D eigenvalue weighted by Gasteiger charge is -2.14. The minimum atomic E-state index is -0.986. The van der Waals surface area contributed by atoms with Crippen LogP contribution in [0.2, 0.25) is 0 Å². The number of benzene rings is 2. The van der Waals surface area contributed by atoms with E-state index in [-0.39, 0.29) is 23.2 Å². The highest BCUT2D eigenvalue weighted by Crippen LogP contribution is 2.30. The molecule has 1 atom stereocenters. The zero-order valence-electron chi connectivity index (χ0n) is 13.2. The summed E-state index contributed by atoms with van der Waals surface area (Å²) in [6.45, 7) is 1.64. The van der Waals surface area contributed by atoms with Gasteiger partial charge < -0.3 is 10.6 Å². The largest absolute Gasteiger partial charge is 0.350 e. The number of aromatic nitrogens is 2. The predicted molar refractivity (Wildman–Crippen MR) is 89.7 cm³/mol. The molecule has 4 rings (SSSR count). The van der Waals surface area contributed by atoms with Gasteiger partial charge in [-0.05, 0) is 37.2 Å². The Morgan fingerprint density at radius 2 is 1.96 bits per heavy atom. The van der Waals surface area contributed by atoms with E-state index in [1.165, 1.54) is 30.3 Å². The van der Waals surface area contributed by atoms with Crippen LogP contribution < -0.4 is 10.6 Å². The second kappa shape index (κ2) is 6.33. The molecule has 0 spiro atoms. The van der Waals surface area contributed by atoms with Crippen molar-refractivity contribution < 1.29 is 13.2 Å². The Hall–Kier alpha value is -2.67. The molecule has 0 amide bonds. The van der Waals surface area contributed by atoms with Crippen molar-refractivity contribution in [3.63, 3.8) is 0 Å². The van der Waals surface area contributed by atoms with Crippen molar-refractivity contribution in [3.8, 4) is 11.3 Å². The predicted octanol–water partition coefficient (Wildman–Crippen LogP) is 3.49. The summed E-state index contributed by atoms with van der Waals surface area (Å²) >= 11 is 0. The number of fused-ring (bicyclic) bond motifs is 1. The second-order valence-electron chi connectivity index (χ2n) is 5.99. The Balaban J connectivity index is 1.89. The van der Waals surface area contributed by atoms with E-state index in [0.29, 0.717) is 10.9 Å². The molecule has 128 valence electrons. The molecule has 1 saturated heterocycles. The number of rotatable bonds is 3. The maximum atomic E-state index is 14.3. The smallest absolute Gasteiger partial charge is 0.224 e. The molecule has 2 N–H and O–H groups in total. The number of anilines is 1. The van der Waals surface area contributed by atoms with Crippen LogP contribution in [-0.4, -0.2) is 29.1 Å². The average molecular weight is 344 g/mol. The van der Waals surface area contributed by atoms with Crippen LogP contribution in [0.1, 0.15) is 6.42 Å². The Labute approximate surface area is 142 Å². The molecular formula is C18H15F3N4. The standard InChI is InChI=1S/C18H15F3N4/c19-10-4-5-12-15(8-10)24-18(23-11-6-7-22-9-11)25-17(12)13-2-1-3-14(20)16(13)21/h1-5,8,11,22H,6-7,9H2,(H,23,24,25). The number of hydrogen-bond donors (Lipinski definition) is 2. The summed E-state index contributed by atoms with van der Waals surface area (Å²) in [6, 6.07) is 8.03. The molecule has 0 bridgehead atoms. The van der Waals surface area contributed by atoms with Crippen molar-refractivity contribution in [2.45, 2.75) is 12.5 Å². The third-order valence-corrected chi connectivity index (χ3v) is 4.26. The van der Waals surface area contributed by atoms with Crippen LogP contribution in [0.25, 0.3) is 22.2 Å². The first-order valence-electron chi connectivity index (χ1n) is 8.01. The van der Waals surface area contributed by atoms with Gasteiger partial charge >= 0.3 is 0 Å². The lowest BCUT2D eigenvalue weighted by Crippen LogP contribution is -2.23. The SMILES string of the molecule is Fc1ccc2c(-c3cccc(F)c3F)nc(NC3CCNC3)nc2c1. The number of hydrogen-bond acceptors (Lipinski definition) is 4. The van der Waals surface area contributed by atoms with Gasteiger partial charge in [0.05, 0.1) is 11.2 Å². The van der Waals surface area contributed by atoms with E-state index in [1.54, 1.807) is 0 Å². The van der Waals surface area contributed by atoms with E-state index < -0.39 is 17.5 Å². The highest BCUT2D eigenvalue weighted by Gasteiger charge is 2.19. The maximum absolute atomic E-state index is 14.3. The molecule has 1 aliphatic rings. The van der Waals surface area contributed by atoms with Gasteiger partial charge in [0.1, 0.15) is 5.82 Å². The van der Waals surface area contributed by atoms with Crippen LogP contribution >= 0.6 is 0 Å². The molecule has 1 fully saturated rings. The van der Waals surface area contributed by atoms with Crippen LogP contribution in [0.3, 0.4) is 0 Å². The monoisotopic (exact) mass is 344 g/mol. The Morgan fingerprint density at radius 3 is 2.76 bits per heavy atom. The summed E-state index contributed by atoms with van der Waals surface area (Å²) in [4.78, 5) is 8.72.